The zero-order valence-electron chi connectivity index (χ0n) is 10.1. The summed E-state index contributed by atoms with van der Waals surface area (Å²) in [5, 5.41) is 9.36. The molecule has 1 N–H and O–H groups in total. The topological polar surface area (TPSA) is 46.5 Å². The molecule has 0 saturated heterocycles. The van der Waals surface area contributed by atoms with E-state index < -0.39 is 11.6 Å². The molecule has 3 nitrogen and oxygen atoms in total. The molecule has 0 aromatic rings. The van der Waals surface area contributed by atoms with Crippen molar-refractivity contribution in [3.63, 3.8) is 0 Å². The van der Waals surface area contributed by atoms with Gasteiger partial charge in [-0.3, -0.25) is 0 Å². The zero-order chi connectivity index (χ0) is 11.6. The summed E-state index contributed by atoms with van der Waals surface area (Å²) in [5.74, 6) is 0.597. The number of ether oxygens (including phenoxy) is 1. The van der Waals surface area contributed by atoms with E-state index in [1.807, 2.05) is 0 Å². The van der Waals surface area contributed by atoms with Gasteiger partial charge in [-0.25, -0.2) is 4.79 Å². The number of carboxylic acid groups (broad SMARTS) is 1. The molecule has 0 aliphatic heterocycles. The van der Waals surface area contributed by atoms with E-state index in [1.165, 1.54) is 19.3 Å². The third-order valence-electron chi connectivity index (χ3n) is 4.17. The summed E-state index contributed by atoms with van der Waals surface area (Å²) in [6.45, 7) is 2.84. The number of hydrogen-bond donors (Lipinski definition) is 1. The summed E-state index contributed by atoms with van der Waals surface area (Å²) in [7, 11) is 0. The molecule has 0 spiro atoms. The maximum Gasteiger partial charge on any atom is 0.335 e. The van der Waals surface area contributed by atoms with Crippen LogP contribution in [0.25, 0.3) is 0 Å². The Kier molecular flexibility index (Phi) is 3.53. The number of hydrogen-bond acceptors (Lipinski definition) is 2. The fourth-order valence-corrected chi connectivity index (χ4v) is 2.53. The predicted molar refractivity (Wildman–Crippen MR) is 61.3 cm³/mol. The summed E-state index contributed by atoms with van der Waals surface area (Å²) in [6, 6.07) is 0. The fraction of sp³-hybridized carbons (Fsp3) is 0.923. The minimum Gasteiger partial charge on any atom is -0.479 e. The predicted octanol–water partition coefficient (Wildman–Crippen LogP) is 2.84. The van der Waals surface area contributed by atoms with Gasteiger partial charge in [0.15, 0.2) is 5.60 Å². The maximum atomic E-state index is 11.4. The molecular formula is C13H22O3. The molecule has 0 unspecified atom stereocenters. The highest BCUT2D eigenvalue weighted by Crippen LogP contribution is 2.38. The highest BCUT2D eigenvalue weighted by atomic mass is 16.5. The first-order valence-corrected chi connectivity index (χ1v) is 6.53. The van der Waals surface area contributed by atoms with E-state index in [2.05, 4.69) is 6.92 Å². The normalized spacial score (nSPS) is 34.9. The molecule has 2 rings (SSSR count). The minimum atomic E-state index is -0.853. The number of carbonyl (C=O) groups is 1. The Labute approximate surface area is 97.2 Å². The van der Waals surface area contributed by atoms with Gasteiger partial charge in [-0.1, -0.05) is 13.3 Å². The number of rotatable bonds is 5. The first-order chi connectivity index (χ1) is 7.66. The van der Waals surface area contributed by atoms with Crippen LogP contribution in [0, 0.1) is 11.8 Å². The van der Waals surface area contributed by atoms with Crippen LogP contribution in [0.2, 0.25) is 0 Å². The van der Waals surface area contributed by atoms with Crippen molar-refractivity contribution in [2.45, 2.75) is 57.5 Å². The molecule has 0 amide bonds. The van der Waals surface area contributed by atoms with Crippen molar-refractivity contribution in [2.75, 3.05) is 6.61 Å². The highest BCUT2D eigenvalue weighted by molar-refractivity contribution is 5.77. The second kappa shape index (κ2) is 4.74. The third kappa shape index (κ3) is 2.57. The summed E-state index contributed by atoms with van der Waals surface area (Å²) in [4.78, 5) is 11.4. The van der Waals surface area contributed by atoms with Crippen molar-refractivity contribution in [1.29, 1.82) is 0 Å². The average molecular weight is 226 g/mol. The molecule has 3 heteroatoms. The van der Waals surface area contributed by atoms with Crippen molar-refractivity contribution in [2.24, 2.45) is 11.8 Å². The highest BCUT2D eigenvalue weighted by Gasteiger charge is 2.43. The van der Waals surface area contributed by atoms with Gasteiger partial charge in [0.25, 0.3) is 0 Å². The van der Waals surface area contributed by atoms with E-state index in [1.54, 1.807) is 0 Å². The minimum absolute atomic E-state index is 0.639. The summed E-state index contributed by atoms with van der Waals surface area (Å²) < 4.78 is 5.75. The molecule has 2 aliphatic carbocycles. The third-order valence-corrected chi connectivity index (χ3v) is 4.17. The molecule has 0 atom stereocenters. The van der Waals surface area contributed by atoms with E-state index in [0.29, 0.717) is 31.3 Å². The summed E-state index contributed by atoms with van der Waals surface area (Å²) in [5.41, 5.74) is -0.853. The molecule has 0 aromatic heterocycles. The van der Waals surface area contributed by atoms with Crippen LogP contribution in [0.5, 0.6) is 0 Å². The van der Waals surface area contributed by atoms with Crippen molar-refractivity contribution in [3.8, 4) is 0 Å². The fourth-order valence-electron chi connectivity index (χ4n) is 2.53. The lowest BCUT2D eigenvalue weighted by Gasteiger charge is -2.36. The Bertz CT molecular complexity index is 250. The molecule has 0 radical (unpaired) electrons. The van der Waals surface area contributed by atoms with Crippen LogP contribution < -0.4 is 0 Å². The van der Waals surface area contributed by atoms with E-state index in [0.717, 1.165) is 12.8 Å². The standard InChI is InChI=1S/C13H22O3/c1-2-10-5-7-13(8-6-10,12(14)15)16-9-11-3-4-11/h10-11H,2-9H2,1H3,(H,14,15). The van der Waals surface area contributed by atoms with Crippen molar-refractivity contribution < 1.29 is 14.6 Å². The summed E-state index contributed by atoms with van der Waals surface area (Å²) >= 11 is 0. The van der Waals surface area contributed by atoms with Gasteiger partial charge in [-0.15, -0.1) is 0 Å². The lowest BCUT2D eigenvalue weighted by atomic mass is 9.77. The zero-order valence-corrected chi connectivity index (χ0v) is 10.1. The van der Waals surface area contributed by atoms with Gasteiger partial charge in [0.1, 0.15) is 0 Å². The molecule has 2 aliphatic rings. The van der Waals surface area contributed by atoms with E-state index in [4.69, 9.17) is 4.74 Å². The quantitative estimate of drug-likeness (QED) is 0.784. The Hall–Kier alpha value is -0.570. The van der Waals surface area contributed by atoms with Gasteiger partial charge in [0.2, 0.25) is 0 Å². The number of carboxylic acids is 1. The smallest absolute Gasteiger partial charge is 0.335 e. The van der Waals surface area contributed by atoms with Crippen LogP contribution in [-0.2, 0) is 9.53 Å². The first kappa shape index (κ1) is 11.9. The molecule has 16 heavy (non-hydrogen) atoms. The van der Waals surface area contributed by atoms with Gasteiger partial charge < -0.3 is 9.84 Å². The van der Waals surface area contributed by atoms with Crippen LogP contribution in [-0.4, -0.2) is 23.3 Å². The Morgan fingerprint density at radius 1 is 1.25 bits per heavy atom. The largest absolute Gasteiger partial charge is 0.479 e. The van der Waals surface area contributed by atoms with Crippen LogP contribution >= 0.6 is 0 Å². The van der Waals surface area contributed by atoms with Gasteiger partial charge in [0.05, 0.1) is 6.61 Å². The summed E-state index contributed by atoms with van der Waals surface area (Å²) in [6.07, 6.45) is 7.01. The number of aliphatic carboxylic acids is 1. The maximum absolute atomic E-state index is 11.4. The Morgan fingerprint density at radius 3 is 2.31 bits per heavy atom. The lowest BCUT2D eigenvalue weighted by molar-refractivity contribution is -0.173. The second-order valence-electron chi connectivity index (χ2n) is 5.41. The van der Waals surface area contributed by atoms with Crippen molar-refractivity contribution >= 4 is 5.97 Å². The van der Waals surface area contributed by atoms with Gasteiger partial charge in [-0.2, -0.15) is 0 Å². The Morgan fingerprint density at radius 2 is 1.88 bits per heavy atom. The average Bonchev–Trinajstić information content (AvgIpc) is 3.10. The van der Waals surface area contributed by atoms with Crippen LogP contribution in [0.4, 0.5) is 0 Å². The van der Waals surface area contributed by atoms with E-state index in [-0.39, 0.29) is 0 Å². The first-order valence-electron chi connectivity index (χ1n) is 6.53. The van der Waals surface area contributed by atoms with E-state index in [9.17, 15) is 9.90 Å². The molecule has 92 valence electrons. The Balaban J connectivity index is 1.90. The van der Waals surface area contributed by atoms with Crippen LogP contribution in [0.3, 0.4) is 0 Å². The van der Waals surface area contributed by atoms with Gasteiger partial charge in [-0.05, 0) is 50.4 Å². The molecule has 0 heterocycles. The SMILES string of the molecule is CCC1CCC(OCC2CC2)(C(=O)O)CC1. The molecular weight excluding hydrogens is 204 g/mol. The molecule has 2 fully saturated rings. The van der Waals surface area contributed by atoms with Gasteiger partial charge >= 0.3 is 5.97 Å². The second-order valence-corrected chi connectivity index (χ2v) is 5.41. The monoisotopic (exact) mass is 226 g/mol. The van der Waals surface area contributed by atoms with E-state index >= 15 is 0 Å². The molecule has 0 aromatic carbocycles. The van der Waals surface area contributed by atoms with Crippen molar-refractivity contribution in [3.05, 3.63) is 0 Å². The van der Waals surface area contributed by atoms with Crippen molar-refractivity contribution in [1.82, 2.24) is 0 Å². The molecule has 2 saturated carbocycles. The molecule has 0 bridgehead atoms. The lowest BCUT2D eigenvalue weighted by Crippen LogP contribution is -2.45. The van der Waals surface area contributed by atoms with Crippen LogP contribution in [0.15, 0.2) is 0 Å². The van der Waals surface area contributed by atoms with Crippen LogP contribution in [0.1, 0.15) is 51.9 Å². The van der Waals surface area contributed by atoms with Gasteiger partial charge in [0, 0.05) is 0 Å².